The van der Waals surface area contributed by atoms with Crippen LogP contribution in [0.5, 0.6) is 11.5 Å². The summed E-state index contributed by atoms with van der Waals surface area (Å²) in [6.45, 7) is 0. The molecule has 5 heteroatoms. The zero-order chi connectivity index (χ0) is 13.1. The van der Waals surface area contributed by atoms with Crippen molar-refractivity contribution >= 4 is 31.9 Å². The maximum Gasteiger partial charge on any atom is 0.141 e. The monoisotopic (exact) mass is 369 g/mol. The minimum atomic E-state index is -0.338. The fourth-order valence-corrected chi connectivity index (χ4v) is 2.21. The molecule has 2 aromatic rings. The first-order valence-electron chi connectivity index (χ1n) is 4.92. The van der Waals surface area contributed by atoms with Gasteiger partial charge in [-0.05, 0) is 68.3 Å². The Bertz CT molecular complexity index is 637. The molecule has 0 amide bonds. The summed E-state index contributed by atoms with van der Waals surface area (Å²) < 4.78 is 19.7. The van der Waals surface area contributed by atoms with E-state index in [-0.39, 0.29) is 5.82 Å². The van der Waals surface area contributed by atoms with E-state index in [1.54, 1.807) is 18.2 Å². The number of halogens is 3. The second-order valence-corrected chi connectivity index (χ2v) is 5.14. The minimum Gasteiger partial charge on any atom is -0.456 e. The lowest BCUT2D eigenvalue weighted by molar-refractivity contribution is 0.477. The van der Waals surface area contributed by atoms with Crippen molar-refractivity contribution in [2.75, 3.05) is 0 Å². The van der Waals surface area contributed by atoms with Gasteiger partial charge in [0.05, 0.1) is 10.0 Å². The Hall–Kier alpha value is -1.38. The highest BCUT2D eigenvalue weighted by molar-refractivity contribution is 9.10. The van der Waals surface area contributed by atoms with Gasteiger partial charge < -0.3 is 4.74 Å². The Kier molecular flexibility index (Phi) is 4.00. The predicted octanol–water partition coefficient (Wildman–Crippen LogP) is 5.01. The molecule has 0 aliphatic heterocycles. The van der Waals surface area contributed by atoms with Gasteiger partial charge >= 0.3 is 0 Å². The predicted molar refractivity (Wildman–Crippen MR) is 73.0 cm³/mol. The molecular weight excluding hydrogens is 365 g/mol. The van der Waals surface area contributed by atoms with Gasteiger partial charge in [-0.2, -0.15) is 5.26 Å². The highest BCUT2D eigenvalue weighted by Gasteiger charge is 2.06. The first kappa shape index (κ1) is 13.1. The minimum absolute atomic E-state index is 0.338. The fraction of sp³-hybridized carbons (Fsp3) is 0. The lowest BCUT2D eigenvalue weighted by Gasteiger charge is -2.08. The zero-order valence-electron chi connectivity index (χ0n) is 8.95. The van der Waals surface area contributed by atoms with E-state index in [1.807, 2.05) is 6.07 Å². The van der Waals surface area contributed by atoms with Crippen molar-refractivity contribution in [2.45, 2.75) is 0 Å². The molecule has 2 rings (SSSR count). The van der Waals surface area contributed by atoms with E-state index in [4.69, 9.17) is 10.00 Å². The standard InChI is InChI=1S/C13H6Br2FNO/c14-11-6-10(3-1-8(11)7-17)18-13-4-2-9(16)5-12(13)15/h1-6H. The highest BCUT2D eigenvalue weighted by Crippen LogP contribution is 2.32. The molecule has 0 radical (unpaired) electrons. The summed E-state index contributed by atoms with van der Waals surface area (Å²) >= 11 is 6.50. The molecule has 0 aromatic heterocycles. The lowest BCUT2D eigenvalue weighted by atomic mass is 10.2. The van der Waals surface area contributed by atoms with Gasteiger partial charge in [0.15, 0.2) is 0 Å². The Labute approximate surface area is 120 Å². The number of rotatable bonds is 2. The maximum absolute atomic E-state index is 12.9. The van der Waals surface area contributed by atoms with Gasteiger partial charge in [-0.1, -0.05) is 0 Å². The molecule has 0 fully saturated rings. The molecule has 90 valence electrons. The van der Waals surface area contributed by atoms with Crippen LogP contribution in [0.25, 0.3) is 0 Å². The lowest BCUT2D eigenvalue weighted by Crippen LogP contribution is -1.87. The Morgan fingerprint density at radius 1 is 1.06 bits per heavy atom. The summed E-state index contributed by atoms with van der Waals surface area (Å²) in [6.07, 6.45) is 0. The Morgan fingerprint density at radius 2 is 1.83 bits per heavy atom. The molecule has 0 aliphatic rings. The van der Waals surface area contributed by atoms with Gasteiger partial charge in [-0.3, -0.25) is 0 Å². The van der Waals surface area contributed by atoms with Gasteiger partial charge in [0.2, 0.25) is 0 Å². The van der Waals surface area contributed by atoms with Crippen molar-refractivity contribution < 1.29 is 9.13 Å². The molecule has 0 unspecified atom stereocenters. The first-order valence-corrected chi connectivity index (χ1v) is 6.51. The van der Waals surface area contributed by atoms with Crippen LogP contribution < -0.4 is 4.74 Å². The van der Waals surface area contributed by atoms with Gasteiger partial charge in [-0.15, -0.1) is 0 Å². The summed E-state index contributed by atoms with van der Waals surface area (Å²) in [6, 6.07) is 11.2. The van der Waals surface area contributed by atoms with Crippen molar-refractivity contribution in [3.05, 3.63) is 56.7 Å². The average molecular weight is 371 g/mol. The Morgan fingerprint density at radius 3 is 2.44 bits per heavy atom. The SMILES string of the molecule is N#Cc1ccc(Oc2ccc(F)cc2Br)cc1Br. The van der Waals surface area contributed by atoms with E-state index in [9.17, 15) is 4.39 Å². The molecular formula is C13H6Br2FNO. The molecule has 0 heterocycles. The van der Waals surface area contributed by atoms with Crippen LogP contribution in [0.4, 0.5) is 4.39 Å². The second kappa shape index (κ2) is 5.51. The molecule has 0 spiro atoms. The molecule has 0 aliphatic carbocycles. The molecule has 18 heavy (non-hydrogen) atoms. The normalized spacial score (nSPS) is 9.89. The summed E-state index contributed by atoms with van der Waals surface area (Å²) in [5.74, 6) is 0.733. The van der Waals surface area contributed by atoms with E-state index in [0.717, 1.165) is 0 Å². The van der Waals surface area contributed by atoms with E-state index in [1.165, 1.54) is 18.2 Å². The fourth-order valence-electron chi connectivity index (χ4n) is 1.33. The average Bonchev–Trinajstić information content (AvgIpc) is 2.33. The van der Waals surface area contributed by atoms with Crippen molar-refractivity contribution in [2.24, 2.45) is 0 Å². The van der Waals surface area contributed by atoms with Crippen LogP contribution in [-0.4, -0.2) is 0 Å². The third kappa shape index (κ3) is 2.89. The molecule has 0 N–H and O–H groups in total. The number of ether oxygens (including phenoxy) is 1. The summed E-state index contributed by atoms with van der Waals surface area (Å²) in [5.41, 5.74) is 0.528. The van der Waals surface area contributed by atoms with Gasteiger partial charge in [0.1, 0.15) is 23.4 Å². The molecule has 2 aromatic carbocycles. The van der Waals surface area contributed by atoms with E-state index < -0.39 is 0 Å². The molecule has 0 saturated carbocycles. The topological polar surface area (TPSA) is 33.0 Å². The van der Waals surface area contributed by atoms with Gasteiger partial charge in [-0.25, -0.2) is 4.39 Å². The first-order chi connectivity index (χ1) is 8.60. The van der Waals surface area contributed by atoms with Gasteiger partial charge in [0, 0.05) is 4.47 Å². The van der Waals surface area contributed by atoms with E-state index in [0.29, 0.717) is 26.0 Å². The van der Waals surface area contributed by atoms with Crippen LogP contribution in [0.2, 0.25) is 0 Å². The number of nitrogens with zero attached hydrogens (tertiary/aromatic N) is 1. The van der Waals surface area contributed by atoms with Crippen LogP contribution in [-0.2, 0) is 0 Å². The third-order valence-corrected chi connectivity index (χ3v) is 3.46. The number of benzene rings is 2. The number of hydrogen-bond acceptors (Lipinski definition) is 2. The van der Waals surface area contributed by atoms with Gasteiger partial charge in [0.25, 0.3) is 0 Å². The van der Waals surface area contributed by atoms with Crippen LogP contribution >= 0.6 is 31.9 Å². The molecule has 0 bridgehead atoms. The zero-order valence-corrected chi connectivity index (χ0v) is 12.1. The van der Waals surface area contributed by atoms with E-state index in [2.05, 4.69) is 31.9 Å². The Balaban J connectivity index is 2.29. The van der Waals surface area contributed by atoms with Crippen molar-refractivity contribution in [3.63, 3.8) is 0 Å². The smallest absolute Gasteiger partial charge is 0.141 e. The van der Waals surface area contributed by atoms with Crippen molar-refractivity contribution in [3.8, 4) is 17.6 Å². The summed E-state index contributed by atoms with van der Waals surface area (Å²) in [7, 11) is 0. The second-order valence-electron chi connectivity index (χ2n) is 3.43. The number of hydrogen-bond donors (Lipinski definition) is 0. The largest absolute Gasteiger partial charge is 0.456 e. The van der Waals surface area contributed by atoms with Crippen LogP contribution in [0.1, 0.15) is 5.56 Å². The van der Waals surface area contributed by atoms with Crippen LogP contribution in [0, 0.1) is 17.1 Å². The maximum atomic E-state index is 12.9. The van der Waals surface area contributed by atoms with Crippen molar-refractivity contribution in [1.82, 2.24) is 0 Å². The molecule has 0 saturated heterocycles. The molecule has 0 atom stereocenters. The summed E-state index contributed by atoms with van der Waals surface area (Å²) in [5, 5.41) is 8.80. The summed E-state index contributed by atoms with van der Waals surface area (Å²) in [4.78, 5) is 0. The van der Waals surface area contributed by atoms with Crippen molar-refractivity contribution in [1.29, 1.82) is 5.26 Å². The van der Waals surface area contributed by atoms with E-state index >= 15 is 0 Å². The third-order valence-electron chi connectivity index (χ3n) is 2.18. The molecule has 2 nitrogen and oxygen atoms in total. The highest BCUT2D eigenvalue weighted by atomic mass is 79.9. The quantitative estimate of drug-likeness (QED) is 0.743. The van der Waals surface area contributed by atoms with Crippen LogP contribution in [0.15, 0.2) is 45.3 Å². The number of nitriles is 1. The van der Waals surface area contributed by atoms with Crippen LogP contribution in [0.3, 0.4) is 0 Å².